The van der Waals surface area contributed by atoms with Crippen molar-refractivity contribution in [3.05, 3.63) is 69.6 Å². The first kappa shape index (κ1) is 20.4. The van der Waals surface area contributed by atoms with Gasteiger partial charge in [0.15, 0.2) is 0 Å². The third kappa shape index (κ3) is 4.21. The minimum Gasteiger partial charge on any atom is -0.497 e. The summed E-state index contributed by atoms with van der Waals surface area (Å²) in [5.74, 6) is 0.121. The molecule has 8 nitrogen and oxygen atoms in total. The van der Waals surface area contributed by atoms with Crippen LogP contribution in [0.5, 0.6) is 5.75 Å². The number of carbonyl (C=O) groups excluding carboxylic acids is 2. The average molecular weight is 418 g/mol. The van der Waals surface area contributed by atoms with Crippen molar-refractivity contribution in [2.75, 3.05) is 20.2 Å². The van der Waals surface area contributed by atoms with Gasteiger partial charge in [0.25, 0.3) is 11.5 Å². The average Bonchev–Trinajstić information content (AvgIpc) is 2.78. The molecule has 1 saturated heterocycles. The third-order valence-corrected chi connectivity index (χ3v) is 5.78. The molecule has 8 heteroatoms. The number of imide groups is 1. The van der Waals surface area contributed by atoms with Crippen LogP contribution in [0.1, 0.15) is 23.6 Å². The lowest BCUT2D eigenvalue weighted by Gasteiger charge is -2.42. The highest BCUT2D eigenvalue weighted by Crippen LogP contribution is 2.34. The van der Waals surface area contributed by atoms with Gasteiger partial charge >= 0.3 is 6.03 Å². The van der Waals surface area contributed by atoms with E-state index in [9.17, 15) is 19.6 Å². The van der Waals surface area contributed by atoms with Crippen LogP contribution in [0.3, 0.4) is 0 Å². The van der Waals surface area contributed by atoms with Gasteiger partial charge in [-0.3, -0.25) is 14.9 Å². The second-order valence-electron chi connectivity index (χ2n) is 7.81. The lowest BCUT2D eigenvalue weighted by atomic mass is 9.83. The zero-order chi connectivity index (χ0) is 22.0. The lowest BCUT2D eigenvalue weighted by molar-refractivity contribution is -0.116. The number of carbonyl (C=O) groups is 2. The quantitative estimate of drug-likeness (QED) is 0.607. The van der Waals surface area contributed by atoms with Crippen LogP contribution in [0.15, 0.2) is 52.8 Å². The number of piperidine rings is 1. The van der Waals surface area contributed by atoms with Crippen LogP contribution in [0.25, 0.3) is 6.08 Å². The van der Waals surface area contributed by atoms with E-state index in [4.69, 9.17) is 4.74 Å². The summed E-state index contributed by atoms with van der Waals surface area (Å²) in [6, 6.07) is 13.4. The van der Waals surface area contributed by atoms with E-state index in [1.54, 1.807) is 53.0 Å². The number of likely N-dealkylation sites (tertiary alicyclic amines) is 1. The highest BCUT2D eigenvalue weighted by atomic mass is 16.5. The predicted octanol–water partition coefficient (Wildman–Crippen LogP) is 2.12. The maximum absolute atomic E-state index is 12.7. The van der Waals surface area contributed by atoms with Gasteiger partial charge in [-0.15, -0.1) is 0 Å². The number of nitriles is 1. The third-order valence-electron chi connectivity index (χ3n) is 5.78. The van der Waals surface area contributed by atoms with E-state index in [1.165, 1.54) is 6.08 Å². The summed E-state index contributed by atoms with van der Waals surface area (Å²) in [6.45, 7) is 1.44. The number of hydrogen-bond donors (Lipinski definition) is 1. The number of hydrogen-bond acceptors (Lipinski definition) is 5. The van der Waals surface area contributed by atoms with Gasteiger partial charge < -0.3 is 14.2 Å². The molecule has 2 aromatic rings. The molecule has 1 fully saturated rings. The first-order valence-electron chi connectivity index (χ1n) is 10.0. The molecule has 0 saturated carbocycles. The van der Waals surface area contributed by atoms with Gasteiger partial charge in [-0.25, -0.2) is 4.79 Å². The number of nitrogens with zero attached hydrogens (tertiary/aromatic N) is 3. The molecule has 2 aliphatic rings. The molecule has 0 aliphatic carbocycles. The Morgan fingerprint density at radius 2 is 1.94 bits per heavy atom. The van der Waals surface area contributed by atoms with Crippen LogP contribution in [-0.2, 0) is 11.3 Å². The molecular weight excluding hydrogens is 396 g/mol. The van der Waals surface area contributed by atoms with Gasteiger partial charge in [-0.2, -0.15) is 5.26 Å². The Balaban J connectivity index is 1.45. The molecule has 3 heterocycles. The first-order valence-corrected chi connectivity index (χ1v) is 10.0. The Hall–Kier alpha value is -3.86. The normalized spacial score (nSPS) is 19.7. The Bertz CT molecular complexity index is 1140. The van der Waals surface area contributed by atoms with Crippen LogP contribution in [-0.4, -0.2) is 41.6 Å². The van der Waals surface area contributed by atoms with E-state index in [0.717, 1.165) is 12.1 Å². The smallest absolute Gasteiger partial charge is 0.324 e. The number of methoxy groups -OCH3 is 1. The van der Waals surface area contributed by atoms with Crippen LogP contribution >= 0.6 is 0 Å². The fourth-order valence-electron chi connectivity index (χ4n) is 4.32. The number of aromatic nitrogens is 1. The van der Waals surface area contributed by atoms with Crippen molar-refractivity contribution in [2.45, 2.75) is 18.9 Å². The Morgan fingerprint density at radius 3 is 2.65 bits per heavy atom. The maximum Gasteiger partial charge on any atom is 0.324 e. The molecule has 0 unspecified atom stereocenters. The molecule has 2 atom stereocenters. The molecule has 1 aromatic carbocycles. The van der Waals surface area contributed by atoms with Crippen molar-refractivity contribution >= 4 is 18.0 Å². The van der Waals surface area contributed by atoms with Crippen molar-refractivity contribution in [3.63, 3.8) is 0 Å². The number of pyridine rings is 1. The fourth-order valence-corrected chi connectivity index (χ4v) is 4.32. The zero-order valence-electron chi connectivity index (χ0n) is 17.1. The summed E-state index contributed by atoms with van der Waals surface area (Å²) in [4.78, 5) is 39.0. The summed E-state index contributed by atoms with van der Waals surface area (Å²) < 4.78 is 6.88. The summed E-state index contributed by atoms with van der Waals surface area (Å²) in [7, 11) is 1.55. The van der Waals surface area contributed by atoms with Crippen LogP contribution in [0.2, 0.25) is 0 Å². The van der Waals surface area contributed by atoms with Gasteiger partial charge in [-0.05, 0) is 42.2 Å². The molecule has 0 radical (unpaired) electrons. The van der Waals surface area contributed by atoms with Gasteiger partial charge in [0, 0.05) is 37.3 Å². The molecule has 0 spiro atoms. The van der Waals surface area contributed by atoms with Gasteiger partial charge in [0.1, 0.15) is 17.4 Å². The predicted molar refractivity (Wildman–Crippen MR) is 113 cm³/mol. The Labute approximate surface area is 179 Å². The monoisotopic (exact) mass is 418 g/mol. The number of rotatable bonds is 3. The van der Waals surface area contributed by atoms with Gasteiger partial charge in [-0.1, -0.05) is 18.2 Å². The molecule has 2 bridgehead atoms. The minimum absolute atomic E-state index is 0.0254. The largest absolute Gasteiger partial charge is 0.497 e. The zero-order valence-corrected chi connectivity index (χ0v) is 17.1. The fraction of sp³-hybridized carbons (Fsp3) is 0.304. The van der Waals surface area contributed by atoms with Crippen molar-refractivity contribution in [2.24, 2.45) is 5.92 Å². The SMILES string of the molecule is COc1ccc(C=C(C#N)C(=O)NC(=O)N2C[C@H]3C[C@H](C2)c2cccc(=O)n2C3)cc1. The molecular formula is C23H22N4O4. The molecule has 3 amide bonds. The molecule has 158 valence electrons. The summed E-state index contributed by atoms with van der Waals surface area (Å²) in [5, 5.41) is 11.7. The van der Waals surface area contributed by atoms with E-state index in [-0.39, 0.29) is 23.0 Å². The number of urea groups is 1. The lowest BCUT2D eigenvalue weighted by Crippen LogP contribution is -2.52. The van der Waals surface area contributed by atoms with Crippen LogP contribution in [0, 0.1) is 17.2 Å². The van der Waals surface area contributed by atoms with E-state index in [0.29, 0.717) is 30.9 Å². The van der Waals surface area contributed by atoms with Gasteiger partial charge in [0.05, 0.1) is 7.11 Å². The van der Waals surface area contributed by atoms with Crippen molar-refractivity contribution in [1.82, 2.24) is 14.8 Å². The highest BCUT2D eigenvalue weighted by Gasteiger charge is 2.36. The van der Waals surface area contributed by atoms with E-state index in [2.05, 4.69) is 5.32 Å². The number of amides is 3. The molecule has 2 aliphatic heterocycles. The summed E-state index contributed by atoms with van der Waals surface area (Å²) in [6.07, 6.45) is 2.33. The second-order valence-corrected chi connectivity index (χ2v) is 7.81. The first-order chi connectivity index (χ1) is 15.0. The topological polar surface area (TPSA) is 104 Å². The number of ether oxygens (including phenoxy) is 1. The summed E-state index contributed by atoms with van der Waals surface area (Å²) in [5.41, 5.74) is 1.38. The van der Waals surface area contributed by atoms with Crippen molar-refractivity contribution < 1.29 is 14.3 Å². The van der Waals surface area contributed by atoms with Crippen molar-refractivity contribution in [3.8, 4) is 11.8 Å². The van der Waals surface area contributed by atoms with E-state index < -0.39 is 11.9 Å². The molecule has 4 rings (SSSR count). The molecule has 31 heavy (non-hydrogen) atoms. The van der Waals surface area contributed by atoms with Crippen molar-refractivity contribution in [1.29, 1.82) is 5.26 Å². The second kappa shape index (κ2) is 8.48. The Kier molecular flexibility index (Phi) is 5.58. The van der Waals surface area contributed by atoms with E-state index in [1.807, 2.05) is 12.1 Å². The minimum atomic E-state index is -0.740. The van der Waals surface area contributed by atoms with Crippen LogP contribution in [0.4, 0.5) is 4.79 Å². The summed E-state index contributed by atoms with van der Waals surface area (Å²) >= 11 is 0. The Morgan fingerprint density at radius 1 is 1.16 bits per heavy atom. The maximum atomic E-state index is 12.7. The van der Waals surface area contributed by atoms with Crippen LogP contribution < -0.4 is 15.6 Å². The number of nitrogens with one attached hydrogen (secondary N) is 1. The molecule has 1 N–H and O–H groups in total. The standard InChI is InChI=1S/C23H22N4O4/c1-31-19-7-5-15(6-8-19)9-17(11-24)22(29)25-23(30)26-12-16-10-18(14-26)20-3-2-4-21(28)27(20)13-16/h2-9,16,18H,10,12-14H2,1H3,(H,25,29,30)/t16-,18-/m1/s1. The number of benzene rings is 1. The van der Waals surface area contributed by atoms with Gasteiger partial charge in [0.2, 0.25) is 0 Å². The molecule has 1 aromatic heterocycles. The number of fused-ring (bicyclic) bond motifs is 4. The van der Waals surface area contributed by atoms with E-state index >= 15 is 0 Å². The highest BCUT2D eigenvalue weighted by molar-refractivity contribution is 6.08.